The maximum atomic E-state index is 10.4. The lowest BCUT2D eigenvalue weighted by atomic mass is 10.1. The minimum absolute atomic E-state index is 0.342. The molecule has 0 spiro atoms. The van der Waals surface area contributed by atoms with Crippen LogP contribution in [0.2, 0.25) is 0 Å². The van der Waals surface area contributed by atoms with Gasteiger partial charge in [0, 0.05) is 18.7 Å². The average Bonchev–Trinajstić information content (AvgIpc) is 2.86. The highest BCUT2D eigenvalue weighted by Crippen LogP contribution is 2.30. The van der Waals surface area contributed by atoms with Crippen molar-refractivity contribution in [1.82, 2.24) is 4.57 Å². The zero-order chi connectivity index (χ0) is 17.9. The number of nitrogens with zero attached hydrogens (tertiary/aromatic N) is 1. The van der Waals surface area contributed by atoms with E-state index in [2.05, 4.69) is 6.07 Å². The van der Waals surface area contributed by atoms with Crippen molar-refractivity contribution < 1.29 is 14.6 Å². The van der Waals surface area contributed by atoms with Gasteiger partial charge in [-0.1, -0.05) is 49.8 Å². The van der Waals surface area contributed by atoms with Crippen LogP contribution in [0.5, 0.6) is 0 Å². The van der Waals surface area contributed by atoms with Gasteiger partial charge < -0.3 is 24.9 Å². The van der Waals surface area contributed by atoms with E-state index in [0.29, 0.717) is 11.2 Å². The number of hydrogen-bond acceptors (Lipinski definition) is 5. The predicted molar refractivity (Wildman–Crippen MR) is 98.6 cm³/mol. The van der Waals surface area contributed by atoms with Crippen LogP contribution in [0.15, 0.2) is 30.5 Å². The first kappa shape index (κ1) is 19.0. The van der Waals surface area contributed by atoms with Crippen molar-refractivity contribution in [2.75, 3.05) is 13.7 Å². The monoisotopic (exact) mass is 350 g/mol. The second kappa shape index (κ2) is 8.18. The van der Waals surface area contributed by atoms with Crippen molar-refractivity contribution in [3.05, 3.63) is 40.7 Å². The summed E-state index contributed by atoms with van der Waals surface area (Å²) in [6.45, 7) is 6.39. The van der Waals surface area contributed by atoms with E-state index in [0.717, 1.165) is 10.8 Å². The standard InChI is InChI=1S/C16H20N2O3S.C2H6/c1-9-3-4-11-10(7-9)5-6-18(16(11)22)15-14(19)13(17)12(21-15)8-20-2;1-2/h3-7,12-15,19H,8,17H2,1-2H3;1-2H3. The average molecular weight is 350 g/mol. The highest BCUT2D eigenvalue weighted by molar-refractivity contribution is 7.71. The number of methoxy groups -OCH3 is 1. The van der Waals surface area contributed by atoms with Crippen LogP contribution in [0.4, 0.5) is 0 Å². The topological polar surface area (TPSA) is 69.6 Å². The summed E-state index contributed by atoms with van der Waals surface area (Å²) in [5.74, 6) is 0. The molecule has 2 heterocycles. The fraction of sp³-hybridized carbons (Fsp3) is 0.500. The number of benzene rings is 1. The van der Waals surface area contributed by atoms with E-state index in [4.69, 9.17) is 27.4 Å². The Morgan fingerprint density at radius 1 is 1.33 bits per heavy atom. The Kier molecular flexibility index (Phi) is 6.48. The van der Waals surface area contributed by atoms with Gasteiger partial charge in [-0.3, -0.25) is 0 Å². The largest absolute Gasteiger partial charge is 0.387 e. The van der Waals surface area contributed by atoms with Gasteiger partial charge in [-0.25, -0.2) is 0 Å². The number of hydrogen-bond donors (Lipinski definition) is 2. The first-order valence-corrected chi connectivity index (χ1v) is 8.63. The zero-order valence-electron chi connectivity index (χ0n) is 14.6. The first-order chi connectivity index (χ1) is 11.5. The highest BCUT2D eigenvalue weighted by atomic mass is 32.1. The minimum atomic E-state index is -0.824. The Bertz CT molecular complexity index is 747. The molecule has 1 aromatic heterocycles. The third-order valence-corrected chi connectivity index (χ3v) is 4.55. The Morgan fingerprint density at radius 2 is 2.04 bits per heavy atom. The van der Waals surface area contributed by atoms with Gasteiger partial charge in [-0.05, 0) is 18.4 Å². The summed E-state index contributed by atoms with van der Waals surface area (Å²) in [6.07, 6.45) is 0.0867. The third kappa shape index (κ3) is 3.53. The molecule has 1 aliphatic rings. The van der Waals surface area contributed by atoms with E-state index < -0.39 is 18.4 Å². The summed E-state index contributed by atoms with van der Waals surface area (Å²) in [5.41, 5.74) is 7.20. The van der Waals surface area contributed by atoms with Gasteiger partial charge in [0.25, 0.3) is 0 Å². The van der Waals surface area contributed by atoms with Crippen LogP contribution in [0.3, 0.4) is 0 Å². The quantitative estimate of drug-likeness (QED) is 0.833. The summed E-state index contributed by atoms with van der Waals surface area (Å²) >= 11 is 5.57. The van der Waals surface area contributed by atoms with Crippen molar-refractivity contribution in [2.45, 2.75) is 45.2 Å². The van der Waals surface area contributed by atoms with E-state index in [1.54, 1.807) is 11.7 Å². The number of pyridine rings is 1. The number of aromatic nitrogens is 1. The number of fused-ring (bicyclic) bond motifs is 1. The molecular formula is C18H26N2O3S. The van der Waals surface area contributed by atoms with Crippen LogP contribution in [0.25, 0.3) is 10.8 Å². The van der Waals surface area contributed by atoms with Gasteiger partial charge in [0.15, 0.2) is 6.23 Å². The van der Waals surface area contributed by atoms with Crippen LogP contribution < -0.4 is 5.73 Å². The van der Waals surface area contributed by atoms with Gasteiger partial charge in [-0.15, -0.1) is 0 Å². The Balaban J connectivity index is 0.00000100. The van der Waals surface area contributed by atoms with Gasteiger partial charge in [0.1, 0.15) is 16.8 Å². The molecule has 4 unspecified atom stereocenters. The molecular weight excluding hydrogens is 324 g/mol. The molecule has 1 aromatic carbocycles. The van der Waals surface area contributed by atoms with Crippen LogP contribution in [-0.4, -0.2) is 41.6 Å². The Hall–Kier alpha value is -1.31. The first-order valence-electron chi connectivity index (χ1n) is 8.22. The van der Waals surface area contributed by atoms with Crippen LogP contribution in [0, 0.1) is 11.6 Å². The summed E-state index contributed by atoms with van der Waals surface area (Å²) in [4.78, 5) is 0. The van der Waals surface area contributed by atoms with Gasteiger partial charge in [0.2, 0.25) is 0 Å². The summed E-state index contributed by atoms with van der Waals surface area (Å²) in [6, 6.07) is 7.58. The molecule has 5 nitrogen and oxygen atoms in total. The number of rotatable bonds is 3. The number of aliphatic hydroxyl groups is 1. The lowest BCUT2D eigenvalue weighted by Gasteiger charge is -2.20. The van der Waals surface area contributed by atoms with Crippen LogP contribution in [-0.2, 0) is 9.47 Å². The summed E-state index contributed by atoms with van der Waals surface area (Å²) in [7, 11) is 1.58. The number of aryl methyl sites for hydroxylation is 1. The lowest BCUT2D eigenvalue weighted by Crippen LogP contribution is -2.41. The minimum Gasteiger partial charge on any atom is -0.387 e. The van der Waals surface area contributed by atoms with Crippen LogP contribution in [0.1, 0.15) is 25.6 Å². The molecule has 6 heteroatoms. The van der Waals surface area contributed by atoms with Gasteiger partial charge in [-0.2, -0.15) is 0 Å². The molecule has 1 saturated heterocycles. The lowest BCUT2D eigenvalue weighted by molar-refractivity contribution is -0.0567. The summed E-state index contributed by atoms with van der Waals surface area (Å²) < 4.78 is 13.4. The predicted octanol–water partition coefficient (Wildman–Crippen LogP) is 2.94. The number of nitrogens with two attached hydrogens (primary N) is 1. The van der Waals surface area contributed by atoms with Gasteiger partial charge >= 0.3 is 0 Å². The smallest absolute Gasteiger partial charge is 0.162 e. The van der Waals surface area contributed by atoms with E-state index in [1.807, 2.05) is 45.2 Å². The fourth-order valence-corrected chi connectivity index (χ4v) is 3.24. The molecule has 1 aliphatic heterocycles. The molecule has 3 N–H and O–H groups in total. The molecule has 3 rings (SSSR count). The fourth-order valence-electron chi connectivity index (χ4n) is 2.89. The van der Waals surface area contributed by atoms with Crippen molar-refractivity contribution >= 4 is 23.0 Å². The van der Waals surface area contributed by atoms with E-state index in [-0.39, 0.29) is 6.10 Å². The third-order valence-electron chi connectivity index (χ3n) is 4.12. The second-order valence-corrected chi connectivity index (χ2v) is 6.09. The van der Waals surface area contributed by atoms with Gasteiger partial charge in [0.05, 0.1) is 12.6 Å². The van der Waals surface area contributed by atoms with E-state index in [9.17, 15) is 5.11 Å². The number of ether oxygens (including phenoxy) is 2. The highest BCUT2D eigenvalue weighted by Gasteiger charge is 2.42. The van der Waals surface area contributed by atoms with E-state index >= 15 is 0 Å². The molecule has 0 saturated carbocycles. The molecule has 24 heavy (non-hydrogen) atoms. The maximum Gasteiger partial charge on any atom is 0.162 e. The second-order valence-electron chi connectivity index (χ2n) is 5.71. The van der Waals surface area contributed by atoms with Crippen molar-refractivity contribution in [1.29, 1.82) is 0 Å². The molecule has 1 fully saturated rings. The van der Waals surface area contributed by atoms with Crippen LogP contribution >= 0.6 is 12.2 Å². The molecule has 132 valence electrons. The van der Waals surface area contributed by atoms with Crippen molar-refractivity contribution in [2.24, 2.45) is 5.73 Å². The Morgan fingerprint density at radius 3 is 2.71 bits per heavy atom. The normalized spacial score (nSPS) is 26.2. The molecule has 4 atom stereocenters. The molecule has 2 aromatic rings. The SMILES string of the molecule is CC.COCC1OC(n2ccc3cc(C)ccc3c2=S)C(O)C1N. The maximum absolute atomic E-state index is 10.4. The molecule has 0 radical (unpaired) electrons. The van der Waals surface area contributed by atoms with Crippen molar-refractivity contribution in [3.63, 3.8) is 0 Å². The van der Waals surface area contributed by atoms with Crippen molar-refractivity contribution in [3.8, 4) is 0 Å². The zero-order valence-corrected chi connectivity index (χ0v) is 15.4. The molecule has 0 aliphatic carbocycles. The Labute approximate surface area is 148 Å². The molecule has 0 amide bonds. The number of aliphatic hydroxyl groups excluding tert-OH is 1. The molecule has 0 bridgehead atoms. The van der Waals surface area contributed by atoms with E-state index in [1.165, 1.54) is 5.56 Å². The summed E-state index contributed by atoms with van der Waals surface area (Å²) in [5, 5.41) is 12.4.